The molecular formula is C20H24ClN3O2. The number of rotatable bonds is 6. The van der Waals surface area contributed by atoms with Gasteiger partial charge in [-0.05, 0) is 23.6 Å². The van der Waals surface area contributed by atoms with Gasteiger partial charge in [-0.25, -0.2) is 0 Å². The molecule has 6 heteroatoms. The largest absolute Gasteiger partial charge is 0.354 e. The number of amides is 2. The number of nitrogens with two attached hydrogens (primary N) is 1. The molecule has 1 atom stereocenters. The highest BCUT2D eigenvalue weighted by Crippen LogP contribution is 2.27. The molecule has 1 aliphatic rings. The van der Waals surface area contributed by atoms with Crippen molar-refractivity contribution in [1.29, 1.82) is 0 Å². The van der Waals surface area contributed by atoms with E-state index in [-0.39, 0.29) is 36.7 Å². The smallest absolute Gasteiger partial charge is 0.227 e. The van der Waals surface area contributed by atoms with Crippen LogP contribution in [0.25, 0.3) is 0 Å². The van der Waals surface area contributed by atoms with E-state index in [0.29, 0.717) is 19.5 Å². The summed E-state index contributed by atoms with van der Waals surface area (Å²) in [7, 11) is 0. The minimum absolute atomic E-state index is 0. The van der Waals surface area contributed by atoms with Gasteiger partial charge in [0.25, 0.3) is 0 Å². The van der Waals surface area contributed by atoms with E-state index in [1.807, 2.05) is 54.6 Å². The highest BCUT2D eigenvalue weighted by atomic mass is 35.5. The number of benzene rings is 2. The Balaban J connectivity index is 0.00000243. The van der Waals surface area contributed by atoms with Crippen LogP contribution in [0.2, 0.25) is 0 Å². The van der Waals surface area contributed by atoms with E-state index in [0.717, 1.165) is 23.2 Å². The van der Waals surface area contributed by atoms with E-state index in [4.69, 9.17) is 5.73 Å². The van der Waals surface area contributed by atoms with Crippen molar-refractivity contribution in [2.24, 2.45) is 5.73 Å². The van der Waals surface area contributed by atoms with Gasteiger partial charge in [0.05, 0.1) is 0 Å². The van der Waals surface area contributed by atoms with E-state index in [1.165, 1.54) is 0 Å². The predicted octanol–water partition coefficient (Wildman–Crippen LogP) is 2.59. The predicted molar refractivity (Wildman–Crippen MR) is 105 cm³/mol. The van der Waals surface area contributed by atoms with Gasteiger partial charge in [0.2, 0.25) is 11.8 Å². The highest BCUT2D eigenvalue weighted by molar-refractivity contribution is 5.97. The van der Waals surface area contributed by atoms with Crippen molar-refractivity contribution < 1.29 is 9.59 Å². The summed E-state index contributed by atoms with van der Waals surface area (Å²) in [6.45, 7) is 0.773. The third kappa shape index (κ3) is 4.84. The molecule has 2 aromatic carbocycles. The number of para-hydroxylation sites is 1. The first-order valence-electron chi connectivity index (χ1n) is 8.60. The minimum Gasteiger partial charge on any atom is -0.354 e. The molecule has 0 saturated carbocycles. The lowest BCUT2D eigenvalue weighted by Crippen LogP contribution is -2.39. The third-order valence-corrected chi connectivity index (χ3v) is 4.50. The summed E-state index contributed by atoms with van der Waals surface area (Å²) in [6.07, 6.45) is 1.53. The second-order valence-corrected chi connectivity index (χ2v) is 6.25. The van der Waals surface area contributed by atoms with Crippen molar-refractivity contribution in [1.82, 2.24) is 5.32 Å². The molecule has 138 valence electrons. The first-order valence-corrected chi connectivity index (χ1v) is 8.60. The van der Waals surface area contributed by atoms with Gasteiger partial charge in [0, 0.05) is 37.7 Å². The lowest BCUT2D eigenvalue weighted by molar-refractivity contribution is -0.121. The fourth-order valence-electron chi connectivity index (χ4n) is 3.09. The fourth-order valence-corrected chi connectivity index (χ4v) is 3.09. The summed E-state index contributed by atoms with van der Waals surface area (Å²) in [6, 6.07) is 17.3. The van der Waals surface area contributed by atoms with Gasteiger partial charge >= 0.3 is 0 Å². The monoisotopic (exact) mass is 373 g/mol. The third-order valence-electron chi connectivity index (χ3n) is 4.50. The maximum absolute atomic E-state index is 12.2. The van der Waals surface area contributed by atoms with Crippen LogP contribution in [0.15, 0.2) is 54.6 Å². The molecule has 0 radical (unpaired) electrons. The van der Waals surface area contributed by atoms with Crippen molar-refractivity contribution in [3.8, 4) is 0 Å². The molecule has 1 heterocycles. The van der Waals surface area contributed by atoms with Crippen molar-refractivity contribution in [2.75, 3.05) is 18.0 Å². The molecule has 2 amide bonds. The summed E-state index contributed by atoms with van der Waals surface area (Å²) in [5.41, 5.74) is 9.16. The van der Waals surface area contributed by atoms with Crippen molar-refractivity contribution in [3.05, 3.63) is 65.7 Å². The van der Waals surface area contributed by atoms with Crippen molar-refractivity contribution in [3.63, 3.8) is 0 Å². The van der Waals surface area contributed by atoms with Crippen molar-refractivity contribution >= 4 is 29.9 Å². The zero-order valence-electron chi connectivity index (χ0n) is 14.6. The van der Waals surface area contributed by atoms with Crippen LogP contribution in [-0.4, -0.2) is 24.9 Å². The molecule has 26 heavy (non-hydrogen) atoms. The summed E-state index contributed by atoms with van der Waals surface area (Å²) >= 11 is 0. The van der Waals surface area contributed by atoms with Gasteiger partial charge < -0.3 is 16.0 Å². The average Bonchev–Trinajstić information content (AvgIpc) is 2.66. The Hall–Kier alpha value is -2.37. The van der Waals surface area contributed by atoms with Crippen LogP contribution >= 0.6 is 12.4 Å². The SMILES string of the molecule is Cl.NC(CNC(=O)CCN1C(=O)CCc2ccccc21)c1ccccc1. The minimum atomic E-state index is -0.234. The number of nitrogens with one attached hydrogen (secondary N) is 1. The molecule has 0 aliphatic carbocycles. The Morgan fingerprint density at radius 1 is 1.08 bits per heavy atom. The van der Waals surface area contributed by atoms with Crippen LogP contribution < -0.4 is 16.0 Å². The zero-order valence-corrected chi connectivity index (χ0v) is 15.4. The van der Waals surface area contributed by atoms with Crippen LogP contribution in [0.3, 0.4) is 0 Å². The molecule has 3 rings (SSSR count). The number of hydrogen-bond donors (Lipinski definition) is 2. The van der Waals surface area contributed by atoms with Crippen LogP contribution in [0.5, 0.6) is 0 Å². The number of halogens is 1. The summed E-state index contributed by atoms with van der Waals surface area (Å²) in [4.78, 5) is 26.0. The number of fused-ring (bicyclic) bond motifs is 1. The van der Waals surface area contributed by atoms with Gasteiger partial charge in [-0.2, -0.15) is 0 Å². The van der Waals surface area contributed by atoms with Crippen LogP contribution in [0.1, 0.15) is 30.0 Å². The van der Waals surface area contributed by atoms with Crippen molar-refractivity contribution in [2.45, 2.75) is 25.3 Å². The first-order chi connectivity index (χ1) is 12.1. The number of aryl methyl sites for hydroxylation is 1. The lowest BCUT2D eigenvalue weighted by Gasteiger charge is -2.29. The molecule has 0 spiro atoms. The molecule has 0 aromatic heterocycles. The lowest BCUT2D eigenvalue weighted by atomic mass is 10.0. The van der Waals surface area contributed by atoms with Gasteiger partial charge in [-0.1, -0.05) is 48.5 Å². The Morgan fingerprint density at radius 3 is 2.54 bits per heavy atom. The number of carbonyl (C=O) groups is 2. The Labute approximate surface area is 160 Å². The Morgan fingerprint density at radius 2 is 1.77 bits per heavy atom. The van der Waals surface area contributed by atoms with Gasteiger partial charge in [-0.15, -0.1) is 12.4 Å². The highest BCUT2D eigenvalue weighted by Gasteiger charge is 2.24. The molecule has 0 fully saturated rings. The number of hydrogen-bond acceptors (Lipinski definition) is 3. The Kier molecular flexibility index (Phi) is 7.18. The number of nitrogens with zero attached hydrogens (tertiary/aromatic N) is 1. The summed E-state index contributed by atoms with van der Waals surface area (Å²) in [5.74, 6) is -0.0188. The molecule has 5 nitrogen and oxygen atoms in total. The zero-order chi connectivity index (χ0) is 17.6. The first kappa shape index (κ1) is 19.9. The van der Waals surface area contributed by atoms with E-state index in [2.05, 4.69) is 5.32 Å². The van der Waals surface area contributed by atoms with Crippen LogP contribution in [0.4, 0.5) is 5.69 Å². The molecule has 0 bridgehead atoms. The van der Waals surface area contributed by atoms with E-state index >= 15 is 0 Å². The van der Waals surface area contributed by atoms with Crippen LogP contribution in [0, 0.1) is 0 Å². The van der Waals surface area contributed by atoms with E-state index < -0.39 is 0 Å². The molecule has 3 N–H and O–H groups in total. The van der Waals surface area contributed by atoms with Gasteiger partial charge in [-0.3, -0.25) is 9.59 Å². The molecule has 1 unspecified atom stereocenters. The Bertz CT molecular complexity index is 752. The topological polar surface area (TPSA) is 75.4 Å². The molecule has 2 aromatic rings. The van der Waals surface area contributed by atoms with E-state index in [1.54, 1.807) is 4.90 Å². The summed E-state index contributed by atoms with van der Waals surface area (Å²) < 4.78 is 0. The maximum atomic E-state index is 12.2. The molecular weight excluding hydrogens is 350 g/mol. The second-order valence-electron chi connectivity index (χ2n) is 6.25. The molecule has 0 saturated heterocycles. The standard InChI is InChI=1S/C20H23N3O2.ClH/c21-17(15-6-2-1-3-7-15)14-22-19(24)12-13-23-18-9-5-4-8-16(18)10-11-20(23)25;/h1-9,17H,10-14,21H2,(H,22,24);1H. The average molecular weight is 374 g/mol. The van der Waals surface area contributed by atoms with Gasteiger partial charge in [0.1, 0.15) is 0 Å². The number of anilines is 1. The fraction of sp³-hybridized carbons (Fsp3) is 0.300. The van der Waals surface area contributed by atoms with Gasteiger partial charge in [0.15, 0.2) is 0 Å². The molecule has 1 aliphatic heterocycles. The maximum Gasteiger partial charge on any atom is 0.227 e. The normalized spacial score (nSPS) is 14.2. The second kappa shape index (κ2) is 9.36. The van der Waals surface area contributed by atoms with Crippen LogP contribution in [-0.2, 0) is 16.0 Å². The summed E-state index contributed by atoms with van der Waals surface area (Å²) in [5, 5.41) is 2.86. The number of carbonyl (C=O) groups excluding carboxylic acids is 2. The van der Waals surface area contributed by atoms with E-state index in [9.17, 15) is 9.59 Å². The quantitative estimate of drug-likeness (QED) is 0.817.